The molecule has 180 valence electrons. The number of Topliss-reactive ketones (excluding diaryl/α,β-unsaturated/α-hetero) is 1. The molecule has 0 bridgehead atoms. The highest BCUT2D eigenvalue weighted by Crippen LogP contribution is 2.43. The smallest absolute Gasteiger partial charge is 0.295 e. The summed E-state index contributed by atoms with van der Waals surface area (Å²) in [6.07, 6.45) is 3.30. The minimum Gasteiger partial charge on any atom is -0.507 e. The number of hydrogen-bond acceptors (Lipinski definition) is 6. The maximum atomic E-state index is 13.3. The van der Waals surface area contributed by atoms with Crippen molar-refractivity contribution in [3.8, 4) is 11.5 Å². The molecule has 1 amide bonds. The van der Waals surface area contributed by atoms with E-state index in [0.29, 0.717) is 29.2 Å². The van der Waals surface area contributed by atoms with Gasteiger partial charge in [0.25, 0.3) is 11.7 Å². The highest BCUT2D eigenvalue weighted by Gasteiger charge is 2.46. The fourth-order valence-electron chi connectivity index (χ4n) is 4.34. The molecule has 0 radical (unpaired) electrons. The number of rotatable bonds is 7. The number of pyridine rings is 1. The van der Waals surface area contributed by atoms with Crippen LogP contribution in [0, 0.1) is 13.8 Å². The second-order valence-corrected chi connectivity index (χ2v) is 8.45. The SMILES string of the molecule is CCOc1ccc(C2C(=C(O)c3cc(C)ccc3C)C(=O)C(=O)N2Cc2cccnc2)cc1OC. The minimum atomic E-state index is -0.820. The number of carbonyl (C=O) groups is 2. The van der Waals surface area contributed by atoms with E-state index in [1.54, 1.807) is 36.7 Å². The van der Waals surface area contributed by atoms with E-state index in [9.17, 15) is 14.7 Å². The van der Waals surface area contributed by atoms with Gasteiger partial charge < -0.3 is 19.5 Å². The summed E-state index contributed by atoms with van der Waals surface area (Å²) in [5, 5.41) is 11.4. The third kappa shape index (κ3) is 4.62. The van der Waals surface area contributed by atoms with Crippen LogP contribution < -0.4 is 9.47 Å². The van der Waals surface area contributed by atoms with E-state index in [1.165, 1.54) is 12.0 Å². The maximum Gasteiger partial charge on any atom is 0.295 e. The van der Waals surface area contributed by atoms with Crippen molar-refractivity contribution >= 4 is 17.4 Å². The molecule has 1 N–H and O–H groups in total. The van der Waals surface area contributed by atoms with Crippen LogP contribution in [-0.2, 0) is 16.1 Å². The molecule has 1 aliphatic heterocycles. The Morgan fingerprint density at radius 2 is 1.89 bits per heavy atom. The van der Waals surface area contributed by atoms with E-state index in [-0.39, 0.29) is 17.9 Å². The van der Waals surface area contributed by atoms with Crippen LogP contribution in [0.5, 0.6) is 11.5 Å². The van der Waals surface area contributed by atoms with Gasteiger partial charge in [0.05, 0.1) is 25.3 Å². The van der Waals surface area contributed by atoms with Gasteiger partial charge in [-0.15, -0.1) is 0 Å². The van der Waals surface area contributed by atoms with Gasteiger partial charge in [-0.1, -0.05) is 29.8 Å². The molecule has 0 aliphatic carbocycles. The zero-order chi connectivity index (χ0) is 25.1. The number of amides is 1. The average Bonchev–Trinajstić information content (AvgIpc) is 3.11. The molecule has 7 heteroatoms. The Bertz CT molecular complexity index is 1300. The molecule has 1 saturated heterocycles. The lowest BCUT2D eigenvalue weighted by Crippen LogP contribution is -2.29. The molecule has 1 aliphatic rings. The first kappa shape index (κ1) is 24.0. The Kier molecular flexibility index (Phi) is 6.87. The molecule has 1 fully saturated rings. The first-order chi connectivity index (χ1) is 16.8. The average molecular weight is 473 g/mol. The molecule has 1 aromatic heterocycles. The van der Waals surface area contributed by atoms with E-state index < -0.39 is 17.7 Å². The lowest BCUT2D eigenvalue weighted by molar-refractivity contribution is -0.140. The monoisotopic (exact) mass is 472 g/mol. The Labute approximate surface area is 204 Å². The van der Waals surface area contributed by atoms with Crippen molar-refractivity contribution in [2.75, 3.05) is 13.7 Å². The summed E-state index contributed by atoms with van der Waals surface area (Å²) in [5.41, 5.74) is 3.69. The second kappa shape index (κ2) is 10.0. The van der Waals surface area contributed by atoms with Gasteiger partial charge >= 0.3 is 0 Å². The van der Waals surface area contributed by atoms with Crippen molar-refractivity contribution < 1.29 is 24.2 Å². The number of likely N-dealkylation sites (tertiary alicyclic amines) is 1. The second-order valence-electron chi connectivity index (χ2n) is 8.45. The molecule has 0 spiro atoms. The normalized spacial score (nSPS) is 17.0. The maximum absolute atomic E-state index is 13.3. The summed E-state index contributed by atoms with van der Waals surface area (Å²) in [4.78, 5) is 32.2. The Hall–Kier alpha value is -4.13. The van der Waals surface area contributed by atoms with E-state index in [2.05, 4.69) is 4.98 Å². The molecule has 7 nitrogen and oxygen atoms in total. The van der Waals surface area contributed by atoms with Crippen molar-refractivity contribution in [2.24, 2.45) is 0 Å². The first-order valence-electron chi connectivity index (χ1n) is 11.4. The number of aryl methyl sites for hydroxylation is 2. The topological polar surface area (TPSA) is 89.0 Å². The van der Waals surface area contributed by atoms with Crippen LogP contribution in [0.4, 0.5) is 0 Å². The third-order valence-corrected chi connectivity index (χ3v) is 6.07. The lowest BCUT2D eigenvalue weighted by Gasteiger charge is -2.26. The Balaban J connectivity index is 1.91. The van der Waals surface area contributed by atoms with E-state index in [4.69, 9.17) is 9.47 Å². The molecule has 35 heavy (non-hydrogen) atoms. The molecule has 2 aromatic carbocycles. The summed E-state index contributed by atoms with van der Waals surface area (Å²) in [7, 11) is 1.53. The van der Waals surface area contributed by atoms with E-state index >= 15 is 0 Å². The lowest BCUT2D eigenvalue weighted by atomic mass is 9.93. The summed E-state index contributed by atoms with van der Waals surface area (Å²) in [6.45, 7) is 6.26. The van der Waals surface area contributed by atoms with Gasteiger partial charge in [0, 0.05) is 24.5 Å². The summed E-state index contributed by atoms with van der Waals surface area (Å²) in [5.74, 6) is -0.583. The van der Waals surface area contributed by atoms with Gasteiger partial charge in [-0.05, 0) is 61.7 Å². The molecule has 0 saturated carbocycles. The zero-order valence-electron chi connectivity index (χ0n) is 20.2. The number of aliphatic hydroxyl groups is 1. The summed E-state index contributed by atoms with van der Waals surface area (Å²) >= 11 is 0. The van der Waals surface area contributed by atoms with E-state index in [0.717, 1.165) is 16.7 Å². The van der Waals surface area contributed by atoms with Crippen LogP contribution in [-0.4, -0.2) is 40.4 Å². The van der Waals surface area contributed by atoms with E-state index in [1.807, 2.05) is 45.0 Å². The summed E-state index contributed by atoms with van der Waals surface area (Å²) < 4.78 is 11.2. The number of methoxy groups -OCH3 is 1. The number of ether oxygens (including phenoxy) is 2. The Morgan fingerprint density at radius 3 is 2.57 bits per heavy atom. The highest BCUT2D eigenvalue weighted by molar-refractivity contribution is 6.46. The number of ketones is 1. The fourth-order valence-corrected chi connectivity index (χ4v) is 4.34. The van der Waals surface area contributed by atoms with Gasteiger partial charge in [0.1, 0.15) is 5.76 Å². The van der Waals surface area contributed by atoms with Crippen molar-refractivity contribution in [3.05, 3.63) is 94.3 Å². The molecule has 1 atom stereocenters. The number of hydrogen-bond donors (Lipinski definition) is 1. The van der Waals surface area contributed by atoms with Gasteiger partial charge in [0.15, 0.2) is 11.5 Å². The predicted octanol–water partition coefficient (Wildman–Crippen LogP) is 4.73. The van der Waals surface area contributed by atoms with Crippen molar-refractivity contribution in [1.82, 2.24) is 9.88 Å². The van der Waals surface area contributed by atoms with Crippen molar-refractivity contribution in [2.45, 2.75) is 33.4 Å². The standard InChI is InChI=1S/C28H28N2O5/c1-5-35-22-11-10-20(14-23(22)34-4)25-24(26(31)21-13-17(2)8-9-18(21)3)27(32)28(33)30(25)16-19-7-6-12-29-15-19/h6-15,25,31H,5,16H2,1-4H3. The van der Waals surface area contributed by atoms with Crippen molar-refractivity contribution in [1.29, 1.82) is 0 Å². The number of nitrogens with zero attached hydrogens (tertiary/aromatic N) is 2. The van der Waals surface area contributed by atoms with Crippen LogP contribution in [0.1, 0.15) is 40.8 Å². The van der Waals surface area contributed by atoms with Crippen molar-refractivity contribution in [3.63, 3.8) is 0 Å². The van der Waals surface area contributed by atoms with Gasteiger partial charge in [-0.3, -0.25) is 14.6 Å². The number of carbonyl (C=O) groups excluding carboxylic acids is 2. The molecule has 2 heterocycles. The number of benzene rings is 2. The van der Waals surface area contributed by atoms with Crippen LogP contribution in [0.3, 0.4) is 0 Å². The van der Waals surface area contributed by atoms with Crippen LogP contribution in [0.15, 0.2) is 66.5 Å². The first-order valence-corrected chi connectivity index (χ1v) is 11.4. The molecule has 1 unspecified atom stereocenters. The minimum absolute atomic E-state index is 0.0406. The molecular formula is C28H28N2O5. The summed E-state index contributed by atoms with van der Waals surface area (Å²) in [6, 6.07) is 13.7. The molecular weight excluding hydrogens is 444 g/mol. The molecule has 4 rings (SSSR count). The Morgan fingerprint density at radius 1 is 1.09 bits per heavy atom. The van der Waals surface area contributed by atoms with Gasteiger partial charge in [-0.25, -0.2) is 0 Å². The quantitative estimate of drug-likeness (QED) is 0.304. The van der Waals surface area contributed by atoms with Gasteiger partial charge in [-0.2, -0.15) is 0 Å². The largest absolute Gasteiger partial charge is 0.507 e. The van der Waals surface area contributed by atoms with Gasteiger partial charge in [0.2, 0.25) is 0 Å². The number of aliphatic hydroxyl groups excluding tert-OH is 1. The zero-order valence-corrected chi connectivity index (χ0v) is 20.2. The van der Waals surface area contributed by atoms with Crippen LogP contribution in [0.2, 0.25) is 0 Å². The number of aromatic nitrogens is 1. The van der Waals surface area contributed by atoms with Crippen LogP contribution >= 0.6 is 0 Å². The third-order valence-electron chi connectivity index (χ3n) is 6.07. The highest BCUT2D eigenvalue weighted by atomic mass is 16.5. The predicted molar refractivity (Wildman–Crippen MR) is 132 cm³/mol. The fraction of sp³-hybridized carbons (Fsp3) is 0.250. The molecule has 3 aromatic rings. The van der Waals surface area contributed by atoms with Crippen LogP contribution in [0.25, 0.3) is 5.76 Å².